The fourth-order valence-electron chi connectivity index (χ4n) is 18.1. The number of carbonyl (C=O) groups excluding carboxylic acids is 6. The molecule has 0 bridgehead atoms. The van der Waals surface area contributed by atoms with Crippen molar-refractivity contribution in [3.63, 3.8) is 0 Å². The molecule has 6 amide bonds. The van der Waals surface area contributed by atoms with Gasteiger partial charge in [-0.15, -0.1) is 0 Å². The van der Waals surface area contributed by atoms with Crippen molar-refractivity contribution >= 4 is 35.4 Å². The Bertz CT molecular complexity index is 3920. The van der Waals surface area contributed by atoms with Gasteiger partial charge in [0.15, 0.2) is 69.2 Å². The summed E-state index contributed by atoms with van der Waals surface area (Å²) in [6.45, 7) is -7.26. The van der Waals surface area contributed by atoms with Crippen molar-refractivity contribution in [3.05, 3.63) is 0 Å². The highest BCUT2D eigenvalue weighted by Crippen LogP contribution is 2.42. The average molecular weight is 2050 g/mol. The highest BCUT2D eigenvalue weighted by atomic mass is 16.8. The van der Waals surface area contributed by atoms with Gasteiger partial charge in [0.05, 0.1) is 72.7 Å². The van der Waals surface area contributed by atoms with E-state index in [0.29, 0.717) is 0 Å². The van der Waals surface area contributed by atoms with E-state index >= 15 is 0 Å². The molecule has 0 aliphatic carbocycles. The van der Waals surface area contributed by atoms with E-state index in [4.69, 9.17) is 99.5 Å². The van der Waals surface area contributed by atoms with Gasteiger partial charge >= 0.3 is 0 Å². The molecule has 11 aliphatic rings. The molecule has 35 N–H and O–H groups in total. The highest BCUT2D eigenvalue weighted by molar-refractivity contribution is 5.75. The van der Waals surface area contributed by atoms with Gasteiger partial charge in [-0.05, 0) is 0 Å². The Morgan fingerprint density at radius 1 is 0.186 bits per heavy atom. The topological polar surface area (TPSA) is 955 Å². The minimum absolute atomic E-state index is 0.836. The van der Waals surface area contributed by atoms with Gasteiger partial charge in [-0.25, -0.2) is 0 Å². The summed E-state index contributed by atoms with van der Waals surface area (Å²) < 4.78 is 127. The van der Waals surface area contributed by atoms with Gasteiger partial charge in [-0.1, -0.05) is 0 Å². The Morgan fingerprint density at radius 2 is 0.407 bits per heavy atom. The van der Waals surface area contributed by atoms with Crippen LogP contribution in [-0.2, 0) is 128 Å². The monoisotopic (exact) mass is 2050 g/mol. The Kier molecular flexibility index (Phi) is 41.7. The fourth-order valence-corrected chi connectivity index (χ4v) is 18.1. The van der Waals surface area contributed by atoms with Crippen LogP contribution in [-0.4, -0.2) is 594 Å². The van der Waals surface area contributed by atoms with E-state index in [1.165, 1.54) is 0 Å². The van der Waals surface area contributed by atoms with Crippen molar-refractivity contribution in [2.75, 3.05) is 72.7 Å². The fraction of sp³-hybridized carbons (Fsp3) is 0.923. The molecule has 0 aromatic heterocycles. The van der Waals surface area contributed by atoms with Crippen molar-refractivity contribution < 1.29 is 276 Å². The van der Waals surface area contributed by atoms with E-state index < -0.39 is 446 Å². The number of nitrogens with one attached hydrogen (secondary N) is 6. The first-order valence-corrected chi connectivity index (χ1v) is 44.6. The van der Waals surface area contributed by atoms with Gasteiger partial charge < -0.3 is 279 Å². The zero-order valence-corrected chi connectivity index (χ0v) is 75.5. The molecule has 11 aliphatic heterocycles. The molecule has 808 valence electrons. The van der Waals surface area contributed by atoms with Gasteiger partial charge in [-0.3, -0.25) is 28.8 Å². The summed E-state index contributed by atoms with van der Waals surface area (Å²) in [5.74, 6) is -5.73. The van der Waals surface area contributed by atoms with Crippen molar-refractivity contribution in [1.82, 2.24) is 31.9 Å². The molecule has 0 radical (unpaired) electrons. The SMILES string of the molecule is CC(=O)N[C@@H]1[C@@H](O)[C@H](O[C@@H]2O[C@H](CO)[C@@H](O[C@@H]3O[C@H](CO[C@H]4O[C@H](CO[C@@H]5O[C@H](CO)[C@@H](O[C@@H]6O[C@H](CO)[C@H](O)[C@H](O)[C@H]6O)[C@H](O)[C@H]5NC(C)=O)[C@@H](O)[C@H](O)[C@@H]4O[C@@H]4O[C@H](CO)[C@@H](O)[C@H](O)[C@H]4NC(C)=O)[C@@H](O)[C@H](O[C@H]4O[C@H](CO)[C@@H](O[C@H]5O[C@H](CO)[C@@H](O)[C@H](O)[C@H]5NC(C)=O)[C@H](O)[C@@H]4O[C@@H]4O[C@H](CO)[C@@H](O[C@@H]5O[C@H](CO)[C@H](O)[C@H](O)[C@H]5O)[C@H](O)[C@H]4NC(C)=O)[C@@H]3O)[C@H](O)[C@H]2NC(C)=O)[C@@H](CO)O[C@H]1O. The van der Waals surface area contributed by atoms with Crippen molar-refractivity contribution in [2.45, 2.75) is 379 Å². The molecule has 62 heteroatoms. The van der Waals surface area contributed by atoms with Gasteiger partial charge in [-0.2, -0.15) is 0 Å². The number of rotatable bonds is 37. The quantitative estimate of drug-likeness (QED) is 0.0275. The summed E-state index contributed by atoms with van der Waals surface area (Å²) in [7, 11) is 0. The lowest BCUT2D eigenvalue weighted by Crippen LogP contribution is -2.71. The zero-order chi connectivity index (χ0) is 103. The molecule has 11 saturated heterocycles. The van der Waals surface area contributed by atoms with E-state index in [9.17, 15) is 177 Å². The largest absolute Gasteiger partial charge is 0.394 e. The van der Waals surface area contributed by atoms with Crippen LogP contribution >= 0.6 is 0 Å². The molecule has 0 aromatic rings. The Labute approximate surface area is 792 Å². The third-order valence-electron chi connectivity index (χ3n) is 25.4. The average Bonchev–Trinajstić information content (AvgIpc) is 0.755. The van der Waals surface area contributed by atoms with Gasteiger partial charge in [0.25, 0.3) is 0 Å². The summed E-state index contributed by atoms with van der Waals surface area (Å²) >= 11 is 0. The van der Waals surface area contributed by atoms with Crippen LogP contribution in [0.15, 0.2) is 0 Å². The summed E-state index contributed by atoms with van der Waals surface area (Å²) in [6.07, 6.45) is -107. The van der Waals surface area contributed by atoms with Crippen LogP contribution in [0.1, 0.15) is 41.5 Å². The lowest BCUT2D eigenvalue weighted by Gasteiger charge is -2.52. The maximum Gasteiger partial charge on any atom is 0.217 e. The summed E-state index contributed by atoms with van der Waals surface area (Å²) in [6, 6.07) is -11.6. The Balaban J connectivity index is 0.997. The molecule has 0 saturated carbocycles. The number of amides is 6. The van der Waals surface area contributed by atoms with Crippen LogP contribution in [0.2, 0.25) is 0 Å². The predicted octanol–water partition coefficient (Wildman–Crippen LogP) is -24.1. The van der Waals surface area contributed by atoms with Crippen molar-refractivity contribution in [1.29, 1.82) is 0 Å². The van der Waals surface area contributed by atoms with E-state index in [2.05, 4.69) is 31.9 Å². The number of hydrogen-bond donors (Lipinski definition) is 35. The molecule has 55 atom stereocenters. The Hall–Kier alpha value is -5.18. The Morgan fingerprint density at radius 3 is 0.764 bits per heavy atom. The molecule has 140 heavy (non-hydrogen) atoms. The second-order valence-electron chi connectivity index (χ2n) is 35.3. The summed E-state index contributed by atoms with van der Waals surface area (Å²) in [5.41, 5.74) is 0. The lowest BCUT2D eigenvalue weighted by molar-refractivity contribution is -0.405. The predicted molar refractivity (Wildman–Crippen MR) is 432 cm³/mol. The van der Waals surface area contributed by atoms with Crippen molar-refractivity contribution in [3.8, 4) is 0 Å². The normalized spacial score (nSPS) is 48.1. The number of hydrogen-bond acceptors (Lipinski definition) is 56. The molecule has 11 rings (SSSR count). The maximum absolute atomic E-state index is 13.4. The molecule has 11 heterocycles. The van der Waals surface area contributed by atoms with Crippen LogP contribution in [0.5, 0.6) is 0 Å². The van der Waals surface area contributed by atoms with E-state index in [1.54, 1.807) is 0 Å². The van der Waals surface area contributed by atoms with E-state index in [-0.39, 0.29) is 0 Å². The first-order chi connectivity index (χ1) is 66.2. The highest BCUT2D eigenvalue weighted by Gasteiger charge is 2.63. The minimum Gasteiger partial charge on any atom is -0.394 e. The van der Waals surface area contributed by atoms with Crippen LogP contribution in [0.4, 0.5) is 0 Å². The molecule has 62 nitrogen and oxygen atoms in total. The van der Waals surface area contributed by atoms with Crippen LogP contribution in [0.3, 0.4) is 0 Å². The van der Waals surface area contributed by atoms with Crippen molar-refractivity contribution in [2.24, 2.45) is 0 Å². The van der Waals surface area contributed by atoms with Gasteiger partial charge in [0.1, 0.15) is 268 Å². The molecule has 0 aromatic carbocycles. The van der Waals surface area contributed by atoms with Crippen LogP contribution in [0.25, 0.3) is 0 Å². The molecular formula is C78H130N6O56. The summed E-state index contributed by atoms with van der Waals surface area (Å²) in [5, 5.41) is 343. The minimum atomic E-state index is -2.77. The molecule has 11 fully saturated rings. The van der Waals surface area contributed by atoms with E-state index in [0.717, 1.165) is 41.5 Å². The number of aliphatic hydroxyl groups excluding tert-OH is 29. The van der Waals surface area contributed by atoms with Gasteiger partial charge in [0.2, 0.25) is 35.4 Å². The summed E-state index contributed by atoms with van der Waals surface area (Å²) in [4.78, 5) is 77.6. The zero-order valence-electron chi connectivity index (χ0n) is 75.5. The molecular weight excluding hydrogens is 1920 g/mol. The van der Waals surface area contributed by atoms with Gasteiger partial charge in [0, 0.05) is 41.5 Å². The van der Waals surface area contributed by atoms with E-state index in [1.807, 2.05) is 0 Å². The first-order valence-electron chi connectivity index (χ1n) is 44.6. The standard InChI is InChI=1S/C78H130N6O56/c1-18(94)79-35-49(108)60(28(11-89)122-68(35)119)133-72-39(83-22(5)98)51(110)63(31(14-92)128-72)137-76-59(118)65(138-78-67(58(117)64(32(15-93)130-78)134-70-36(80-19(2)95)47(106)41(100)24(7-85)123-70)140-73-40(84-23(6)99)52(111)62(30(13-91)129-73)136-75-57(116)54(113)44(103)27(10-88)126-75)46(105)34(131-76)17-121-77-66(139-71-37(81-20(3)96)48(107)42(101)25(8-86)124-71)55(114)45(104)33(132-77)16-120-69-38(82-21(4)97)50(109)61(29(12-90)127-69)135-74-56(115)53(112)43(102)26(9-87)125-74/h24-78,85-93,100-119H,7-17H2,1-6H3,(H,79,94)(H,80,95)(H,81,96)(H,82,97)(H,83,98)(H,84,99)/t24-,25-,26-,27-,28-,29-,30-,31-,32-,33-,34-,35-,36-,37-,38-,39-,40-,41-,42-,43+,44+,45-,46-,47-,48-,49-,50-,51-,52-,53+,54+,55+,56-,57-,58+,59+,60-,61-,62-,63-,64-,65+,66+,67+,68-,69-,70-,71+,72+,73+,74+,75+,76+,77+,78-/m1/s1. The first kappa shape index (κ1) is 115. The van der Waals surface area contributed by atoms with Crippen LogP contribution in [0, 0.1) is 0 Å². The lowest BCUT2D eigenvalue weighted by atomic mass is 9.93. The smallest absolute Gasteiger partial charge is 0.217 e. The third-order valence-corrected chi connectivity index (χ3v) is 25.4. The number of ether oxygens (including phenoxy) is 21. The second kappa shape index (κ2) is 50.7. The van der Waals surface area contributed by atoms with Crippen LogP contribution < -0.4 is 31.9 Å². The molecule has 0 spiro atoms. The molecule has 0 unspecified atom stereocenters. The second-order valence-corrected chi connectivity index (χ2v) is 35.3. The number of aliphatic hydroxyl groups is 29. The third kappa shape index (κ3) is 25.8. The maximum atomic E-state index is 13.4. The number of carbonyl (C=O) groups is 6.